The molecule has 1 amide bonds. The number of rotatable bonds is 2. The van der Waals surface area contributed by atoms with Crippen molar-refractivity contribution in [3.05, 3.63) is 23.4 Å². The van der Waals surface area contributed by atoms with Crippen LogP contribution in [-0.4, -0.2) is 36.7 Å². The maximum absolute atomic E-state index is 12.7. The Labute approximate surface area is 113 Å². The molecule has 0 saturated carbocycles. The molecule has 2 rings (SSSR count). The molecular formula is C12H14F3N3O2. The van der Waals surface area contributed by atoms with Crippen molar-refractivity contribution in [2.75, 3.05) is 24.6 Å². The van der Waals surface area contributed by atoms with E-state index in [2.05, 4.69) is 4.98 Å². The van der Waals surface area contributed by atoms with Crippen LogP contribution in [0.3, 0.4) is 0 Å². The monoisotopic (exact) mass is 289 g/mol. The van der Waals surface area contributed by atoms with Gasteiger partial charge in [-0.25, -0.2) is 4.98 Å². The molecule has 1 unspecified atom stereocenters. The Morgan fingerprint density at radius 2 is 2.20 bits per heavy atom. The van der Waals surface area contributed by atoms with E-state index in [9.17, 15) is 18.0 Å². The molecule has 8 heteroatoms. The second kappa shape index (κ2) is 5.28. The highest BCUT2D eigenvalue weighted by Crippen LogP contribution is 2.31. The summed E-state index contributed by atoms with van der Waals surface area (Å²) < 4.78 is 43.5. The van der Waals surface area contributed by atoms with Crippen molar-refractivity contribution in [2.24, 2.45) is 5.73 Å². The Kier molecular flexibility index (Phi) is 3.85. The lowest BCUT2D eigenvalue weighted by molar-refractivity contribution is -0.141. The van der Waals surface area contributed by atoms with E-state index in [1.165, 1.54) is 0 Å². The number of halogens is 3. The molecule has 1 atom stereocenters. The lowest BCUT2D eigenvalue weighted by Gasteiger charge is -2.33. The van der Waals surface area contributed by atoms with Crippen LogP contribution < -0.4 is 10.6 Å². The van der Waals surface area contributed by atoms with Crippen LogP contribution in [0.5, 0.6) is 0 Å². The minimum absolute atomic E-state index is 0.0212. The van der Waals surface area contributed by atoms with Gasteiger partial charge in [0.1, 0.15) is 11.5 Å². The van der Waals surface area contributed by atoms with Crippen LogP contribution in [0.15, 0.2) is 12.1 Å². The summed E-state index contributed by atoms with van der Waals surface area (Å²) in [4.78, 5) is 16.5. The molecule has 0 aliphatic carbocycles. The molecule has 0 aromatic carbocycles. The van der Waals surface area contributed by atoms with Crippen LogP contribution in [-0.2, 0) is 10.9 Å². The predicted octanol–water partition coefficient (Wildman–Crippen LogP) is 1.42. The predicted molar refractivity (Wildman–Crippen MR) is 65.4 cm³/mol. The van der Waals surface area contributed by atoms with Crippen LogP contribution in [0, 0.1) is 0 Å². The first kappa shape index (κ1) is 14.6. The van der Waals surface area contributed by atoms with E-state index in [-0.39, 0.29) is 17.5 Å². The number of ether oxygens (including phenoxy) is 1. The van der Waals surface area contributed by atoms with E-state index < -0.39 is 17.8 Å². The number of hydrogen-bond acceptors (Lipinski definition) is 4. The second-order valence-corrected chi connectivity index (χ2v) is 4.56. The van der Waals surface area contributed by atoms with Crippen molar-refractivity contribution in [3.8, 4) is 0 Å². The molecule has 1 aromatic rings. The van der Waals surface area contributed by atoms with Crippen LogP contribution in [0.2, 0.25) is 0 Å². The van der Waals surface area contributed by atoms with Gasteiger partial charge in [-0.2, -0.15) is 13.2 Å². The third kappa shape index (κ3) is 3.01. The number of primary amides is 1. The number of alkyl halides is 3. The van der Waals surface area contributed by atoms with Gasteiger partial charge in [-0.1, -0.05) is 0 Å². The van der Waals surface area contributed by atoms with Crippen molar-refractivity contribution < 1.29 is 22.7 Å². The van der Waals surface area contributed by atoms with Crippen LogP contribution in [0.25, 0.3) is 0 Å². The minimum Gasteiger partial charge on any atom is -0.375 e. The molecular weight excluding hydrogens is 275 g/mol. The summed E-state index contributed by atoms with van der Waals surface area (Å²) in [5.74, 6) is -0.845. The van der Waals surface area contributed by atoms with Crippen molar-refractivity contribution in [1.29, 1.82) is 0 Å². The number of aromatic nitrogens is 1. The molecule has 1 aliphatic rings. The lowest BCUT2D eigenvalue weighted by Crippen LogP contribution is -2.42. The second-order valence-electron chi connectivity index (χ2n) is 4.56. The van der Waals surface area contributed by atoms with E-state index in [1.807, 2.05) is 0 Å². The molecule has 1 aromatic heterocycles. The smallest absolute Gasteiger partial charge is 0.375 e. The Morgan fingerprint density at radius 1 is 1.50 bits per heavy atom. The zero-order valence-corrected chi connectivity index (χ0v) is 10.8. The first-order chi connectivity index (χ1) is 9.29. The fraction of sp³-hybridized carbons (Fsp3) is 0.500. The number of nitrogens with zero attached hydrogens (tertiary/aromatic N) is 2. The number of carbonyl (C=O) groups excluding carboxylic acids is 1. The summed E-state index contributed by atoms with van der Waals surface area (Å²) >= 11 is 0. The van der Waals surface area contributed by atoms with Crippen molar-refractivity contribution >= 4 is 11.7 Å². The first-order valence-corrected chi connectivity index (χ1v) is 6.03. The highest BCUT2D eigenvalue weighted by molar-refractivity contribution is 5.97. The number of anilines is 1. The molecule has 2 N–H and O–H groups in total. The maximum Gasteiger partial charge on any atom is 0.433 e. The number of amides is 1. The summed E-state index contributed by atoms with van der Waals surface area (Å²) in [6, 6.07) is 1.82. The molecule has 110 valence electrons. The highest BCUT2D eigenvalue weighted by Gasteiger charge is 2.34. The Bertz CT molecular complexity index is 519. The molecule has 2 heterocycles. The molecule has 0 bridgehead atoms. The normalized spacial score (nSPS) is 20.0. The molecule has 0 spiro atoms. The number of hydrogen-bond donors (Lipinski definition) is 1. The Balaban J connectivity index is 2.44. The van der Waals surface area contributed by atoms with E-state index in [4.69, 9.17) is 10.5 Å². The number of nitrogens with two attached hydrogens (primary N) is 1. The van der Waals surface area contributed by atoms with E-state index in [1.54, 1.807) is 11.8 Å². The van der Waals surface area contributed by atoms with Gasteiger partial charge in [-0.15, -0.1) is 0 Å². The van der Waals surface area contributed by atoms with Crippen molar-refractivity contribution in [1.82, 2.24) is 4.98 Å². The molecule has 5 nitrogen and oxygen atoms in total. The Hall–Kier alpha value is -1.83. The van der Waals surface area contributed by atoms with Gasteiger partial charge in [0, 0.05) is 13.1 Å². The van der Waals surface area contributed by atoms with Crippen molar-refractivity contribution in [2.45, 2.75) is 19.2 Å². The van der Waals surface area contributed by atoms with E-state index in [0.717, 1.165) is 12.1 Å². The topological polar surface area (TPSA) is 68.5 Å². The largest absolute Gasteiger partial charge is 0.433 e. The number of morpholine rings is 1. The van der Waals surface area contributed by atoms with Crippen LogP contribution in [0.1, 0.15) is 23.0 Å². The first-order valence-electron chi connectivity index (χ1n) is 6.03. The molecule has 20 heavy (non-hydrogen) atoms. The quantitative estimate of drug-likeness (QED) is 0.894. The van der Waals surface area contributed by atoms with Crippen LogP contribution >= 0.6 is 0 Å². The standard InChI is InChI=1S/C12H14F3N3O2/c1-7-6-18(4-5-20-7)11-8(10(16)19)2-3-9(17-11)12(13,14)15/h2-3,7H,4-6H2,1H3,(H2,16,19). The number of carbonyl (C=O) groups is 1. The van der Waals surface area contributed by atoms with Crippen LogP contribution in [0.4, 0.5) is 19.0 Å². The van der Waals surface area contributed by atoms with E-state index in [0.29, 0.717) is 19.7 Å². The van der Waals surface area contributed by atoms with Gasteiger partial charge < -0.3 is 15.4 Å². The lowest BCUT2D eigenvalue weighted by atomic mass is 10.2. The third-order valence-electron chi connectivity index (χ3n) is 2.97. The molecule has 1 aliphatic heterocycles. The fourth-order valence-corrected chi connectivity index (χ4v) is 2.05. The van der Waals surface area contributed by atoms with Gasteiger partial charge in [-0.05, 0) is 19.1 Å². The third-order valence-corrected chi connectivity index (χ3v) is 2.97. The summed E-state index contributed by atoms with van der Waals surface area (Å²) in [6.07, 6.45) is -4.72. The Morgan fingerprint density at radius 3 is 2.75 bits per heavy atom. The summed E-state index contributed by atoms with van der Waals surface area (Å²) in [7, 11) is 0. The summed E-state index contributed by atoms with van der Waals surface area (Å²) in [5.41, 5.74) is 4.13. The maximum atomic E-state index is 12.7. The van der Waals surface area contributed by atoms with Gasteiger partial charge >= 0.3 is 6.18 Å². The fourth-order valence-electron chi connectivity index (χ4n) is 2.05. The number of pyridine rings is 1. The van der Waals surface area contributed by atoms with Gasteiger partial charge in [0.15, 0.2) is 0 Å². The molecule has 1 saturated heterocycles. The van der Waals surface area contributed by atoms with Gasteiger partial charge in [0.05, 0.1) is 18.3 Å². The SMILES string of the molecule is CC1CN(c2nc(C(F)(F)F)ccc2C(N)=O)CCO1. The zero-order valence-electron chi connectivity index (χ0n) is 10.8. The molecule has 1 fully saturated rings. The van der Waals surface area contributed by atoms with Crippen molar-refractivity contribution in [3.63, 3.8) is 0 Å². The summed E-state index contributed by atoms with van der Waals surface area (Å²) in [6.45, 7) is 2.87. The van der Waals surface area contributed by atoms with E-state index >= 15 is 0 Å². The van der Waals surface area contributed by atoms with Gasteiger partial charge in [-0.3, -0.25) is 4.79 Å². The minimum atomic E-state index is -4.57. The summed E-state index contributed by atoms with van der Waals surface area (Å²) in [5, 5.41) is 0. The zero-order chi connectivity index (χ0) is 14.9. The van der Waals surface area contributed by atoms with Gasteiger partial charge in [0.2, 0.25) is 0 Å². The molecule has 0 radical (unpaired) electrons. The van der Waals surface area contributed by atoms with Gasteiger partial charge in [0.25, 0.3) is 5.91 Å². The average Bonchev–Trinajstić information content (AvgIpc) is 2.37. The average molecular weight is 289 g/mol. The highest BCUT2D eigenvalue weighted by atomic mass is 19.4.